The Hall–Kier alpha value is -0.0716. The molecule has 0 aromatic carbocycles. The number of carboxylic acids is 3. The quantitative estimate of drug-likeness (QED) is 0.470. The van der Waals surface area contributed by atoms with Gasteiger partial charge >= 0.3 is 51.2 Å². The van der Waals surface area contributed by atoms with Crippen molar-refractivity contribution < 1.29 is 86.0 Å². The standard InChI is InChI=1S/C6H8O7.3Cu/c7-3(8)1-6(13,5(11)12)2-4(9)10;;;/h13H,1-2H2,(H,7,8)(H,9,10)(H,11,12);;;/q;3*+1/p-3. The summed E-state index contributed by atoms with van der Waals surface area (Å²) in [6.45, 7) is 0. The molecule has 0 amide bonds. The van der Waals surface area contributed by atoms with E-state index in [1.807, 2.05) is 0 Å². The number of aliphatic carboxylic acids is 3. The Morgan fingerprint density at radius 1 is 0.875 bits per heavy atom. The molecule has 0 bridgehead atoms. The molecule has 0 aliphatic carbocycles. The number of hydrogen-bond acceptors (Lipinski definition) is 7. The van der Waals surface area contributed by atoms with Crippen LogP contribution in [0.1, 0.15) is 12.8 Å². The second-order valence-corrected chi connectivity index (χ2v) is 2.42. The van der Waals surface area contributed by atoms with Crippen LogP contribution in [0.25, 0.3) is 0 Å². The van der Waals surface area contributed by atoms with Crippen molar-refractivity contribution in [3.8, 4) is 0 Å². The van der Waals surface area contributed by atoms with Crippen LogP contribution in [-0.4, -0.2) is 28.6 Å². The molecular weight excluding hydrogens is 375 g/mol. The normalized spacial score (nSPS) is 8.81. The van der Waals surface area contributed by atoms with Crippen LogP contribution in [0.15, 0.2) is 0 Å². The third-order valence-corrected chi connectivity index (χ3v) is 1.25. The molecule has 16 heavy (non-hydrogen) atoms. The Morgan fingerprint density at radius 3 is 1.25 bits per heavy atom. The van der Waals surface area contributed by atoms with E-state index in [1.165, 1.54) is 0 Å². The summed E-state index contributed by atoms with van der Waals surface area (Å²) < 4.78 is 0. The Labute approximate surface area is 122 Å². The molecule has 0 rings (SSSR count). The monoisotopic (exact) mass is 378 g/mol. The van der Waals surface area contributed by atoms with Gasteiger partial charge in [0.25, 0.3) is 0 Å². The average Bonchev–Trinajstić information content (AvgIpc) is 1.82. The van der Waals surface area contributed by atoms with E-state index in [9.17, 15) is 29.7 Å². The number of carboxylic acid groups (broad SMARTS) is 3. The maximum absolute atomic E-state index is 10.1. The van der Waals surface area contributed by atoms with Gasteiger partial charge in [-0.15, -0.1) is 0 Å². The molecule has 0 heterocycles. The van der Waals surface area contributed by atoms with Gasteiger partial charge in [0.2, 0.25) is 0 Å². The summed E-state index contributed by atoms with van der Waals surface area (Å²) >= 11 is 0. The van der Waals surface area contributed by atoms with Crippen LogP contribution in [0.4, 0.5) is 0 Å². The van der Waals surface area contributed by atoms with Gasteiger partial charge < -0.3 is 34.8 Å². The number of carbonyl (C=O) groups excluding carboxylic acids is 3. The molecular formula is C6H5Cu3O7. The van der Waals surface area contributed by atoms with Gasteiger partial charge in [-0.3, -0.25) is 0 Å². The fourth-order valence-electron chi connectivity index (χ4n) is 0.684. The zero-order valence-corrected chi connectivity index (χ0v) is 10.0. The first-order chi connectivity index (χ1) is 5.78. The van der Waals surface area contributed by atoms with Crippen molar-refractivity contribution in [3.63, 3.8) is 0 Å². The Morgan fingerprint density at radius 2 is 1.12 bits per heavy atom. The molecule has 0 fully saturated rings. The maximum atomic E-state index is 10.1. The first kappa shape index (κ1) is 24.9. The minimum atomic E-state index is -2.97. The summed E-state index contributed by atoms with van der Waals surface area (Å²) in [4.78, 5) is 30.0. The van der Waals surface area contributed by atoms with E-state index in [0.29, 0.717) is 0 Å². The summed E-state index contributed by atoms with van der Waals surface area (Å²) in [6, 6.07) is 0. The van der Waals surface area contributed by atoms with E-state index in [2.05, 4.69) is 0 Å². The van der Waals surface area contributed by atoms with Gasteiger partial charge in [0, 0.05) is 24.8 Å². The van der Waals surface area contributed by atoms with E-state index in [0.717, 1.165) is 0 Å². The van der Waals surface area contributed by atoms with Gasteiger partial charge in [-0.2, -0.15) is 0 Å². The van der Waals surface area contributed by atoms with Crippen molar-refractivity contribution >= 4 is 17.9 Å². The van der Waals surface area contributed by atoms with Gasteiger partial charge in [-0.25, -0.2) is 0 Å². The third kappa shape index (κ3) is 9.18. The van der Waals surface area contributed by atoms with E-state index in [-0.39, 0.29) is 51.2 Å². The van der Waals surface area contributed by atoms with Crippen LogP contribution in [0.5, 0.6) is 0 Å². The number of carbonyl (C=O) groups is 3. The Bertz CT molecular complexity index is 239. The van der Waals surface area contributed by atoms with Gasteiger partial charge in [0.15, 0.2) is 0 Å². The Kier molecular flexibility index (Phi) is 15.8. The van der Waals surface area contributed by atoms with E-state index < -0.39 is 36.4 Å². The van der Waals surface area contributed by atoms with E-state index in [4.69, 9.17) is 5.11 Å². The van der Waals surface area contributed by atoms with Crippen molar-refractivity contribution in [1.82, 2.24) is 0 Å². The van der Waals surface area contributed by atoms with Crippen LogP contribution in [-0.2, 0) is 65.6 Å². The summed E-state index contributed by atoms with van der Waals surface area (Å²) in [5.74, 6) is -5.98. The minimum Gasteiger partial charge on any atom is -0.550 e. The molecule has 104 valence electrons. The smallest absolute Gasteiger partial charge is 0.550 e. The van der Waals surface area contributed by atoms with Crippen LogP contribution < -0.4 is 15.3 Å². The van der Waals surface area contributed by atoms with Crippen molar-refractivity contribution in [1.29, 1.82) is 0 Å². The van der Waals surface area contributed by atoms with Crippen molar-refractivity contribution in [2.24, 2.45) is 0 Å². The molecule has 0 aliphatic heterocycles. The summed E-state index contributed by atoms with van der Waals surface area (Å²) in [7, 11) is 0. The molecule has 1 N–H and O–H groups in total. The van der Waals surface area contributed by atoms with E-state index >= 15 is 0 Å². The molecule has 10 heteroatoms. The second kappa shape index (κ2) is 10.1. The topological polar surface area (TPSA) is 141 Å². The van der Waals surface area contributed by atoms with Gasteiger partial charge in [-0.05, 0) is 0 Å². The molecule has 0 aliphatic rings. The molecule has 0 spiro atoms. The average molecular weight is 380 g/mol. The fourth-order valence-corrected chi connectivity index (χ4v) is 0.684. The Balaban J connectivity index is -0.000000240. The van der Waals surface area contributed by atoms with Gasteiger partial charge in [0.05, 0.1) is 5.97 Å². The molecule has 7 nitrogen and oxygen atoms in total. The molecule has 0 unspecified atom stereocenters. The van der Waals surface area contributed by atoms with Gasteiger partial charge in [-0.1, -0.05) is 0 Å². The SMILES string of the molecule is O=C([O-])CC(O)(CC(=O)[O-])C(=O)[O-].[Cu+].[Cu+].[Cu+]. The zero-order valence-electron chi connectivity index (χ0n) is 7.22. The predicted molar refractivity (Wildman–Crippen MR) is 29.2 cm³/mol. The predicted octanol–water partition coefficient (Wildman–Crippen LogP) is -5.26. The molecule has 0 saturated carbocycles. The zero-order chi connectivity index (χ0) is 10.6. The largest absolute Gasteiger partial charge is 1.00 e. The van der Waals surface area contributed by atoms with Crippen molar-refractivity contribution in [3.05, 3.63) is 0 Å². The van der Waals surface area contributed by atoms with Crippen LogP contribution in [0.2, 0.25) is 0 Å². The van der Waals surface area contributed by atoms with Crippen LogP contribution in [0.3, 0.4) is 0 Å². The third-order valence-electron chi connectivity index (χ3n) is 1.25. The summed E-state index contributed by atoms with van der Waals surface area (Å²) in [6.07, 6.45) is -2.72. The maximum Gasteiger partial charge on any atom is 1.00 e. The second-order valence-electron chi connectivity index (χ2n) is 2.42. The van der Waals surface area contributed by atoms with Crippen molar-refractivity contribution in [2.75, 3.05) is 0 Å². The van der Waals surface area contributed by atoms with E-state index in [1.54, 1.807) is 0 Å². The summed E-state index contributed by atoms with van der Waals surface area (Å²) in [5, 5.41) is 38.9. The first-order valence-electron chi connectivity index (χ1n) is 3.11. The van der Waals surface area contributed by atoms with Crippen LogP contribution in [0, 0.1) is 0 Å². The summed E-state index contributed by atoms with van der Waals surface area (Å²) in [5.41, 5.74) is -2.97. The minimum absolute atomic E-state index is 0. The number of rotatable bonds is 5. The molecule has 0 radical (unpaired) electrons. The van der Waals surface area contributed by atoms with Crippen molar-refractivity contribution in [2.45, 2.75) is 18.4 Å². The fraction of sp³-hybridized carbons (Fsp3) is 0.500. The number of hydrogen-bond donors (Lipinski definition) is 1. The molecule has 0 aromatic rings. The molecule has 0 aromatic heterocycles. The van der Waals surface area contributed by atoms with Crippen LogP contribution >= 0.6 is 0 Å². The molecule has 0 atom stereocenters. The first-order valence-corrected chi connectivity index (χ1v) is 3.11. The van der Waals surface area contributed by atoms with Gasteiger partial charge in [0.1, 0.15) is 5.60 Å². The molecule has 0 saturated heterocycles. The number of aliphatic hydroxyl groups is 1.